The maximum Gasteiger partial charge on any atom is 0.313 e. The highest BCUT2D eigenvalue weighted by atomic mass is 79.9. The first-order valence-corrected chi connectivity index (χ1v) is 10.5. The number of esters is 1. The lowest BCUT2D eigenvalue weighted by atomic mass is 9.95. The van der Waals surface area contributed by atoms with Gasteiger partial charge in [-0.1, -0.05) is 50.5 Å². The number of amides is 2. The molecule has 7 nitrogen and oxygen atoms in total. The van der Waals surface area contributed by atoms with Gasteiger partial charge in [-0.25, -0.2) is 5.43 Å². The van der Waals surface area contributed by atoms with Crippen LogP contribution in [0.4, 0.5) is 5.69 Å². The van der Waals surface area contributed by atoms with Gasteiger partial charge < -0.3 is 10.1 Å². The number of carbonyl (C=O) groups excluding carboxylic acids is 3. The van der Waals surface area contributed by atoms with Crippen LogP contribution in [0.15, 0.2) is 52.0 Å². The van der Waals surface area contributed by atoms with Gasteiger partial charge in [0.05, 0.1) is 12.1 Å². The van der Waals surface area contributed by atoms with Crippen LogP contribution in [-0.4, -0.2) is 24.0 Å². The quantitative estimate of drug-likeness (QED) is 0.265. The summed E-state index contributed by atoms with van der Waals surface area (Å²) in [7, 11) is 0. The summed E-state index contributed by atoms with van der Waals surface area (Å²) in [6.07, 6.45) is 1.41. The summed E-state index contributed by atoms with van der Waals surface area (Å²) in [6, 6.07) is 11.6. The zero-order valence-electron chi connectivity index (χ0n) is 18.2. The highest BCUT2D eigenvalue weighted by Crippen LogP contribution is 2.23. The number of benzene rings is 2. The zero-order chi connectivity index (χ0) is 23.2. The van der Waals surface area contributed by atoms with Crippen LogP contribution < -0.4 is 15.5 Å². The van der Waals surface area contributed by atoms with Crippen LogP contribution in [-0.2, 0) is 9.59 Å². The third-order valence-electron chi connectivity index (χ3n) is 4.11. The van der Waals surface area contributed by atoms with Crippen LogP contribution in [0, 0.1) is 11.3 Å². The molecule has 0 bridgehead atoms. The molecule has 2 aromatic rings. The number of hydrazone groups is 1. The average molecular weight is 488 g/mol. The predicted octanol–water partition coefficient (Wildman–Crippen LogP) is 4.76. The molecule has 0 fully saturated rings. The van der Waals surface area contributed by atoms with Crippen LogP contribution >= 0.6 is 15.9 Å². The standard InChI is InChI=1S/C23H26BrN3O4/c1-14(2)21(29)31-19-11-8-17(24)12-16(19)13-25-27-20(28)15-6-9-18(10-7-15)26-22(30)23(3,4)5/h6-14H,1-5H3,(H,26,30)(H,27,28)/b25-13-. The first kappa shape index (κ1) is 24.3. The molecule has 0 heterocycles. The molecule has 0 aromatic heterocycles. The molecule has 0 saturated heterocycles. The smallest absolute Gasteiger partial charge is 0.313 e. The Kier molecular flexibility index (Phi) is 8.10. The number of carbonyl (C=O) groups is 3. The topological polar surface area (TPSA) is 96.9 Å². The molecule has 2 amide bonds. The van der Waals surface area contributed by atoms with E-state index in [2.05, 4.69) is 31.8 Å². The monoisotopic (exact) mass is 487 g/mol. The van der Waals surface area contributed by atoms with E-state index < -0.39 is 11.3 Å². The molecule has 0 unspecified atom stereocenters. The minimum absolute atomic E-state index is 0.114. The molecule has 0 atom stereocenters. The van der Waals surface area contributed by atoms with Crippen molar-refractivity contribution in [1.29, 1.82) is 0 Å². The van der Waals surface area contributed by atoms with Crippen molar-refractivity contribution >= 4 is 45.6 Å². The van der Waals surface area contributed by atoms with Crippen molar-refractivity contribution in [3.63, 3.8) is 0 Å². The second kappa shape index (κ2) is 10.3. The van der Waals surface area contributed by atoms with E-state index in [1.165, 1.54) is 6.21 Å². The van der Waals surface area contributed by atoms with Crippen LogP contribution in [0.1, 0.15) is 50.5 Å². The lowest BCUT2D eigenvalue weighted by Crippen LogP contribution is -2.27. The largest absolute Gasteiger partial charge is 0.426 e. The van der Waals surface area contributed by atoms with Gasteiger partial charge in [0.25, 0.3) is 5.91 Å². The maximum absolute atomic E-state index is 12.3. The molecule has 2 rings (SSSR count). The van der Waals surface area contributed by atoms with Crippen LogP contribution in [0.5, 0.6) is 5.75 Å². The second-order valence-corrected chi connectivity index (χ2v) is 9.15. The number of hydrogen-bond donors (Lipinski definition) is 2. The Hall–Kier alpha value is -3.00. The molecule has 2 aromatic carbocycles. The van der Waals surface area contributed by atoms with Crippen molar-refractivity contribution in [2.45, 2.75) is 34.6 Å². The first-order valence-electron chi connectivity index (χ1n) is 9.73. The molecule has 0 aliphatic heterocycles. The normalized spacial score (nSPS) is 11.5. The molecule has 31 heavy (non-hydrogen) atoms. The fraction of sp³-hybridized carbons (Fsp3) is 0.304. The van der Waals surface area contributed by atoms with Crippen LogP contribution in [0.3, 0.4) is 0 Å². The molecular weight excluding hydrogens is 462 g/mol. The van der Waals surface area contributed by atoms with E-state index in [9.17, 15) is 14.4 Å². The average Bonchev–Trinajstić information content (AvgIpc) is 2.69. The van der Waals surface area contributed by atoms with Crippen LogP contribution in [0.25, 0.3) is 0 Å². The number of ether oxygens (including phenoxy) is 1. The molecule has 0 aliphatic carbocycles. The fourth-order valence-corrected chi connectivity index (χ4v) is 2.57. The van der Waals surface area contributed by atoms with E-state index in [-0.39, 0.29) is 17.8 Å². The van der Waals surface area contributed by atoms with Gasteiger partial charge >= 0.3 is 5.97 Å². The van der Waals surface area contributed by atoms with Gasteiger partial charge in [0.2, 0.25) is 5.91 Å². The van der Waals surface area contributed by atoms with Crippen LogP contribution in [0.2, 0.25) is 0 Å². The first-order chi connectivity index (χ1) is 14.5. The third kappa shape index (κ3) is 7.32. The summed E-state index contributed by atoms with van der Waals surface area (Å²) < 4.78 is 6.15. The van der Waals surface area contributed by atoms with Crippen molar-refractivity contribution < 1.29 is 19.1 Å². The molecule has 0 aliphatic rings. The van der Waals surface area contributed by atoms with E-state index in [0.717, 1.165) is 4.47 Å². The Morgan fingerprint density at radius 1 is 1.06 bits per heavy atom. The van der Waals surface area contributed by atoms with E-state index in [4.69, 9.17) is 4.74 Å². The highest BCUT2D eigenvalue weighted by molar-refractivity contribution is 9.10. The molecule has 0 saturated carbocycles. The van der Waals surface area contributed by atoms with Gasteiger partial charge in [-0.2, -0.15) is 5.10 Å². The molecule has 0 spiro atoms. The van der Waals surface area contributed by atoms with Gasteiger partial charge in [0.1, 0.15) is 5.75 Å². The van der Waals surface area contributed by atoms with E-state index in [1.807, 2.05) is 20.8 Å². The molecule has 2 N–H and O–H groups in total. The number of anilines is 1. The van der Waals surface area contributed by atoms with Gasteiger partial charge in [-0.15, -0.1) is 0 Å². The lowest BCUT2D eigenvalue weighted by Gasteiger charge is -2.17. The minimum atomic E-state index is -0.514. The van der Waals surface area contributed by atoms with Crippen molar-refractivity contribution in [1.82, 2.24) is 5.43 Å². The van der Waals surface area contributed by atoms with Gasteiger partial charge in [0.15, 0.2) is 0 Å². The van der Waals surface area contributed by atoms with E-state index >= 15 is 0 Å². The van der Waals surface area contributed by atoms with Crippen molar-refractivity contribution in [3.8, 4) is 5.75 Å². The van der Waals surface area contributed by atoms with Crippen molar-refractivity contribution in [3.05, 3.63) is 58.1 Å². The number of nitrogens with zero attached hydrogens (tertiary/aromatic N) is 1. The Bertz CT molecular complexity index is 993. The minimum Gasteiger partial charge on any atom is -0.426 e. The van der Waals surface area contributed by atoms with Crippen molar-refractivity contribution in [2.75, 3.05) is 5.32 Å². The number of halogens is 1. The zero-order valence-corrected chi connectivity index (χ0v) is 19.7. The van der Waals surface area contributed by atoms with Gasteiger partial charge in [0, 0.05) is 26.7 Å². The van der Waals surface area contributed by atoms with E-state index in [0.29, 0.717) is 22.6 Å². The lowest BCUT2D eigenvalue weighted by molar-refractivity contribution is -0.137. The highest BCUT2D eigenvalue weighted by Gasteiger charge is 2.21. The second-order valence-electron chi connectivity index (χ2n) is 8.24. The Morgan fingerprint density at radius 2 is 1.71 bits per heavy atom. The summed E-state index contributed by atoms with van der Waals surface area (Å²) in [6.45, 7) is 8.96. The van der Waals surface area contributed by atoms with Gasteiger partial charge in [-0.3, -0.25) is 14.4 Å². The summed E-state index contributed by atoms with van der Waals surface area (Å²) in [5.41, 5.74) is 3.44. The summed E-state index contributed by atoms with van der Waals surface area (Å²) in [5.74, 6) is -0.819. The Morgan fingerprint density at radius 3 is 2.29 bits per heavy atom. The molecular formula is C23H26BrN3O4. The molecule has 8 heteroatoms. The molecule has 0 radical (unpaired) electrons. The Labute approximate surface area is 190 Å². The van der Waals surface area contributed by atoms with Crippen molar-refractivity contribution in [2.24, 2.45) is 16.4 Å². The predicted molar refractivity (Wildman–Crippen MR) is 124 cm³/mol. The SMILES string of the molecule is CC(C)C(=O)Oc1ccc(Br)cc1/C=N\NC(=O)c1ccc(NC(=O)C(C)(C)C)cc1. The fourth-order valence-electron chi connectivity index (χ4n) is 2.19. The number of rotatable bonds is 6. The van der Waals surface area contributed by atoms with Gasteiger partial charge in [-0.05, 0) is 42.5 Å². The van der Waals surface area contributed by atoms with E-state index in [1.54, 1.807) is 56.3 Å². The summed E-state index contributed by atoms with van der Waals surface area (Å²) in [4.78, 5) is 36.3. The third-order valence-corrected chi connectivity index (χ3v) is 4.60. The Balaban J connectivity index is 2.05. The maximum atomic E-state index is 12.3. The summed E-state index contributed by atoms with van der Waals surface area (Å²) >= 11 is 3.37. The molecule has 164 valence electrons. The number of hydrogen-bond acceptors (Lipinski definition) is 5. The number of nitrogens with one attached hydrogen (secondary N) is 2. The summed E-state index contributed by atoms with van der Waals surface area (Å²) in [5, 5.41) is 6.77.